The maximum atomic E-state index is 12.4. The van der Waals surface area contributed by atoms with Crippen molar-refractivity contribution in [3.8, 4) is 0 Å². The molecule has 4 rings (SSSR count). The summed E-state index contributed by atoms with van der Waals surface area (Å²) in [5.41, 5.74) is 0.803. The van der Waals surface area contributed by atoms with Crippen molar-refractivity contribution < 1.29 is 19.4 Å². The van der Waals surface area contributed by atoms with Gasteiger partial charge in [-0.3, -0.25) is 9.69 Å². The van der Waals surface area contributed by atoms with Crippen LogP contribution in [-0.2, 0) is 14.3 Å². The summed E-state index contributed by atoms with van der Waals surface area (Å²) in [5, 5.41) is 9.56. The topological polar surface area (TPSA) is 62.3 Å². The fraction of sp³-hybridized carbons (Fsp3) is 0.588. The van der Waals surface area contributed by atoms with Crippen LogP contribution in [0.4, 0.5) is 0 Å². The number of esters is 1. The second-order valence-electron chi connectivity index (χ2n) is 6.54. The number of ether oxygens (including phenoxy) is 2. The lowest BCUT2D eigenvalue weighted by molar-refractivity contribution is -0.156. The van der Waals surface area contributed by atoms with Gasteiger partial charge >= 0.3 is 5.97 Å². The molecule has 0 aromatic heterocycles. The molecule has 5 heteroatoms. The molecular formula is C17H21NO4. The highest BCUT2D eigenvalue weighted by atomic mass is 16.6. The van der Waals surface area contributed by atoms with Crippen LogP contribution in [-0.4, -0.2) is 60.0 Å². The molecule has 2 bridgehead atoms. The van der Waals surface area contributed by atoms with E-state index in [9.17, 15) is 9.90 Å². The van der Waals surface area contributed by atoms with Gasteiger partial charge in [0, 0.05) is 24.9 Å². The highest BCUT2D eigenvalue weighted by Crippen LogP contribution is 2.48. The average molecular weight is 303 g/mol. The lowest BCUT2D eigenvalue weighted by atomic mass is 9.97. The maximum absolute atomic E-state index is 12.4. The number of aliphatic hydroxyl groups is 1. The van der Waals surface area contributed by atoms with Crippen molar-refractivity contribution >= 4 is 5.97 Å². The number of nitrogens with zero attached hydrogens (tertiary/aromatic N) is 1. The predicted octanol–water partition coefficient (Wildman–Crippen LogP) is 0.918. The van der Waals surface area contributed by atoms with Crippen LogP contribution in [0.25, 0.3) is 0 Å². The molecule has 0 saturated carbocycles. The Labute approximate surface area is 129 Å². The Hall–Kier alpha value is -1.43. The molecule has 3 saturated heterocycles. The zero-order valence-corrected chi connectivity index (χ0v) is 12.6. The van der Waals surface area contributed by atoms with Gasteiger partial charge in [-0.2, -0.15) is 0 Å². The first-order valence-electron chi connectivity index (χ1n) is 7.92. The van der Waals surface area contributed by atoms with Crippen molar-refractivity contribution in [2.24, 2.45) is 0 Å². The molecule has 5 nitrogen and oxygen atoms in total. The van der Waals surface area contributed by atoms with Crippen molar-refractivity contribution in [2.45, 2.75) is 49.2 Å². The van der Waals surface area contributed by atoms with Gasteiger partial charge in [-0.1, -0.05) is 30.3 Å². The quantitative estimate of drug-likeness (QED) is 0.662. The van der Waals surface area contributed by atoms with E-state index in [1.807, 2.05) is 30.3 Å². The van der Waals surface area contributed by atoms with E-state index in [1.165, 1.54) is 0 Å². The standard InChI is InChI=1S/C17H21NO4/c1-18-13-7-11(8-14(18)16-15(13)22-16)21-17(20)12(9-19)10-5-3-2-4-6-10/h2-6,11-16,19H,7-9H2,1H3/t11?,12?,13?,14?,15-,16+. The van der Waals surface area contributed by atoms with Crippen LogP contribution in [0.2, 0.25) is 0 Å². The van der Waals surface area contributed by atoms with E-state index in [4.69, 9.17) is 9.47 Å². The SMILES string of the molecule is CN1C2CC(OC(=O)C(CO)c3ccccc3)CC1[C@@H]1O[C@H]21. The minimum absolute atomic E-state index is 0.0622. The number of likely N-dealkylation sites (N-methyl/N-ethyl adjacent to an activating group) is 1. The van der Waals surface area contributed by atoms with E-state index in [2.05, 4.69) is 11.9 Å². The van der Waals surface area contributed by atoms with Gasteiger partial charge in [0.1, 0.15) is 24.2 Å². The number of epoxide rings is 1. The fourth-order valence-corrected chi connectivity index (χ4v) is 4.04. The van der Waals surface area contributed by atoms with Crippen molar-refractivity contribution in [3.05, 3.63) is 35.9 Å². The second-order valence-corrected chi connectivity index (χ2v) is 6.54. The van der Waals surface area contributed by atoms with Crippen LogP contribution in [0.1, 0.15) is 24.3 Å². The molecule has 22 heavy (non-hydrogen) atoms. The van der Waals surface area contributed by atoms with Crippen LogP contribution in [0, 0.1) is 0 Å². The Kier molecular flexibility index (Phi) is 3.44. The minimum atomic E-state index is -0.593. The second kappa shape index (κ2) is 5.33. The number of carbonyl (C=O) groups excluding carboxylic acids is 1. The number of hydrogen-bond acceptors (Lipinski definition) is 5. The number of benzene rings is 1. The van der Waals surface area contributed by atoms with Gasteiger partial charge < -0.3 is 14.6 Å². The number of aliphatic hydroxyl groups excluding tert-OH is 1. The molecule has 0 amide bonds. The molecular weight excluding hydrogens is 282 g/mol. The van der Waals surface area contributed by atoms with Gasteiger partial charge in [-0.15, -0.1) is 0 Å². The maximum Gasteiger partial charge on any atom is 0.316 e. The predicted molar refractivity (Wildman–Crippen MR) is 79.4 cm³/mol. The molecule has 1 aromatic carbocycles. The zero-order chi connectivity index (χ0) is 15.3. The average Bonchev–Trinajstić information content (AvgIpc) is 3.27. The summed E-state index contributed by atoms with van der Waals surface area (Å²) >= 11 is 0. The number of piperidine rings is 1. The molecule has 0 radical (unpaired) electrons. The first-order valence-corrected chi connectivity index (χ1v) is 7.92. The van der Waals surface area contributed by atoms with Crippen LogP contribution in [0.15, 0.2) is 30.3 Å². The molecule has 4 unspecified atom stereocenters. The highest BCUT2D eigenvalue weighted by molar-refractivity contribution is 5.78. The smallest absolute Gasteiger partial charge is 0.316 e. The van der Waals surface area contributed by atoms with Gasteiger partial charge in [0.2, 0.25) is 0 Å². The molecule has 1 N–H and O–H groups in total. The molecule has 3 fully saturated rings. The lowest BCUT2D eigenvalue weighted by Crippen LogP contribution is -2.48. The Morgan fingerprint density at radius 1 is 1.32 bits per heavy atom. The van der Waals surface area contributed by atoms with Gasteiger partial charge in [0.25, 0.3) is 0 Å². The summed E-state index contributed by atoms with van der Waals surface area (Å²) in [7, 11) is 2.13. The third kappa shape index (κ3) is 2.24. The van der Waals surface area contributed by atoms with E-state index in [-0.39, 0.29) is 18.7 Å². The molecule has 1 aromatic rings. The summed E-state index contributed by atoms with van der Waals surface area (Å²) in [6.45, 7) is -0.226. The first kappa shape index (κ1) is 14.2. The van der Waals surface area contributed by atoms with Crippen LogP contribution in [0.3, 0.4) is 0 Å². The van der Waals surface area contributed by atoms with Gasteiger partial charge in [0.05, 0.1) is 6.61 Å². The molecule has 3 aliphatic rings. The Balaban J connectivity index is 1.42. The van der Waals surface area contributed by atoms with Crippen LogP contribution < -0.4 is 0 Å². The van der Waals surface area contributed by atoms with E-state index < -0.39 is 5.92 Å². The third-order valence-electron chi connectivity index (χ3n) is 5.33. The molecule has 3 aliphatic heterocycles. The Bertz CT molecular complexity index is 545. The number of rotatable bonds is 4. The van der Waals surface area contributed by atoms with Crippen LogP contribution >= 0.6 is 0 Å². The number of morpholine rings is 1. The van der Waals surface area contributed by atoms with Crippen LogP contribution in [0.5, 0.6) is 0 Å². The molecule has 0 spiro atoms. The van der Waals surface area contributed by atoms with Gasteiger partial charge in [-0.05, 0) is 12.6 Å². The third-order valence-corrected chi connectivity index (χ3v) is 5.33. The number of carbonyl (C=O) groups is 1. The van der Waals surface area contributed by atoms with Crippen molar-refractivity contribution in [2.75, 3.05) is 13.7 Å². The lowest BCUT2D eigenvalue weighted by Gasteiger charge is -2.38. The minimum Gasteiger partial charge on any atom is -0.462 e. The van der Waals surface area contributed by atoms with E-state index in [1.54, 1.807) is 0 Å². The summed E-state index contributed by atoms with van der Waals surface area (Å²) in [4.78, 5) is 14.8. The Morgan fingerprint density at radius 2 is 1.95 bits per heavy atom. The van der Waals surface area contributed by atoms with E-state index in [0.29, 0.717) is 24.3 Å². The fourth-order valence-electron chi connectivity index (χ4n) is 4.04. The monoisotopic (exact) mass is 303 g/mol. The normalized spacial score (nSPS) is 37.5. The van der Waals surface area contributed by atoms with Crippen molar-refractivity contribution in [3.63, 3.8) is 0 Å². The molecule has 3 heterocycles. The highest BCUT2D eigenvalue weighted by Gasteiger charge is 2.62. The summed E-state index contributed by atoms with van der Waals surface area (Å²) in [5.74, 6) is -0.915. The van der Waals surface area contributed by atoms with Crippen molar-refractivity contribution in [1.29, 1.82) is 0 Å². The summed E-state index contributed by atoms with van der Waals surface area (Å²) in [6.07, 6.45) is 2.26. The first-order chi connectivity index (χ1) is 10.7. The molecule has 0 aliphatic carbocycles. The zero-order valence-electron chi connectivity index (χ0n) is 12.6. The summed E-state index contributed by atoms with van der Waals surface area (Å²) < 4.78 is 11.4. The van der Waals surface area contributed by atoms with E-state index in [0.717, 1.165) is 18.4 Å². The molecule has 118 valence electrons. The van der Waals surface area contributed by atoms with E-state index >= 15 is 0 Å². The number of fused-ring (bicyclic) bond motifs is 5. The van der Waals surface area contributed by atoms with Crippen molar-refractivity contribution in [1.82, 2.24) is 4.90 Å². The number of hydrogen-bond donors (Lipinski definition) is 1. The van der Waals surface area contributed by atoms with Gasteiger partial charge in [0.15, 0.2) is 0 Å². The largest absolute Gasteiger partial charge is 0.462 e. The Morgan fingerprint density at radius 3 is 2.55 bits per heavy atom. The molecule has 6 atom stereocenters. The summed E-state index contributed by atoms with van der Waals surface area (Å²) in [6, 6.07) is 10.1. The van der Waals surface area contributed by atoms with Gasteiger partial charge in [-0.25, -0.2) is 0 Å².